The van der Waals surface area contributed by atoms with Crippen LogP contribution in [0.4, 0.5) is 5.69 Å². The van der Waals surface area contributed by atoms with Crippen molar-refractivity contribution in [2.24, 2.45) is 5.10 Å². The van der Waals surface area contributed by atoms with Gasteiger partial charge in [-0.25, -0.2) is 5.01 Å². The zero-order valence-corrected chi connectivity index (χ0v) is 15.7. The van der Waals surface area contributed by atoms with Crippen LogP contribution in [0.3, 0.4) is 0 Å². The molecule has 2 aliphatic rings. The molecule has 4 rings (SSSR count). The van der Waals surface area contributed by atoms with Gasteiger partial charge in [0.2, 0.25) is 5.91 Å². The molecular formula is C20H23N3O2S. The third-order valence-electron chi connectivity index (χ3n) is 4.92. The van der Waals surface area contributed by atoms with Crippen LogP contribution in [0.25, 0.3) is 0 Å². The number of ether oxygens (including phenoxy) is 1. The summed E-state index contributed by atoms with van der Waals surface area (Å²) in [5, 5.41) is 8.41. The van der Waals surface area contributed by atoms with Gasteiger partial charge in [-0.1, -0.05) is 25.1 Å². The van der Waals surface area contributed by atoms with Crippen LogP contribution in [-0.2, 0) is 9.53 Å². The second-order valence-electron chi connectivity index (χ2n) is 6.52. The third kappa shape index (κ3) is 3.39. The summed E-state index contributed by atoms with van der Waals surface area (Å²) in [6.07, 6.45) is 1.23. The molecule has 6 heteroatoms. The molecule has 0 saturated carbocycles. The van der Waals surface area contributed by atoms with Crippen LogP contribution in [0.5, 0.6) is 0 Å². The molecule has 0 N–H and O–H groups in total. The minimum absolute atomic E-state index is 0.0244. The summed E-state index contributed by atoms with van der Waals surface area (Å²) in [7, 11) is 0. The summed E-state index contributed by atoms with van der Waals surface area (Å²) in [4.78, 5) is 15.9. The van der Waals surface area contributed by atoms with E-state index in [0.29, 0.717) is 6.42 Å². The van der Waals surface area contributed by atoms with Gasteiger partial charge in [0.15, 0.2) is 0 Å². The molecule has 1 saturated heterocycles. The molecule has 2 aromatic rings. The van der Waals surface area contributed by atoms with Crippen LogP contribution in [0.1, 0.15) is 36.2 Å². The molecule has 1 unspecified atom stereocenters. The lowest BCUT2D eigenvalue weighted by molar-refractivity contribution is -0.132. The van der Waals surface area contributed by atoms with Gasteiger partial charge in [-0.2, -0.15) is 5.10 Å². The van der Waals surface area contributed by atoms with Crippen molar-refractivity contribution in [2.75, 3.05) is 31.2 Å². The van der Waals surface area contributed by atoms with Crippen molar-refractivity contribution in [3.8, 4) is 0 Å². The normalized spacial score (nSPS) is 20.3. The fourth-order valence-electron chi connectivity index (χ4n) is 3.47. The number of hydrogen-bond donors (Lipinski definition) is 0. The van der Waals surface area contributed by atoms with Crippen molar-refractivity contribution in [3.05, 3.63) is 52.2 Å². The number of hydrazone groups is 1. The van der Waals surface area contributed by atoms with Crippen molar-refractivity contribution in [3.63, 3.8) is 0 Å². The molecule has 3 heterocycles. The number of hydrogen-bond acceptors (Lipinski definition) is 5. The number of thiophene rings is 1. The van der Waals surface area contributed by atoms with Gasteiger partial charge in [0.05, 0.1) is 25.0 Å². The highest BCUT2D eigenvalue weighted by atomic mass is 32.1. The molecule has 5 nitrogen and oxygen atoms in total. The Hall–Kier alpha value is -2.18. The topological polar surface area (TPSA) is 45.1 Å². The molecular weight excluding hydrogens is 346 g/mol. The molecule has 0 bridgehead atoms. The van der Waals surface area contributed by atoms with Crippen LogP contribution >= 0.6 is 11.3 Å². The fourth-order valence-corrected chi connectivity index (χ4v) is 4.28. The van der Waals surface area contributed by atoms with E-state index in [1.807, 2.05) is 13.0 Å². The van der Waals surface area contributed by atoms with E-state index in [4.69, 9.17) is 4.74 Å². The Labute approximate surface area is 157 Å². The zero-order valence-electron chi connectivity index (χ0n) is 14.9. The molecule has 0 radical (unpaired) electrons. The molecule has 1 amide bonds. The second-order valence-corrected chi connectivity index (χ2v) is 7.50. The van der Waals surface area contributed by atoms with Crippen molar-refractivity contribution in [1.29, 1.82) is 0 Å². The smallest absolute Gasteiger partial charge is 0.243 e. The molecule has 1 aromatic heterocycles. The molecule has 1 aromatic carbocycles. The quantitative estimate of drug-likeness (QED) is 0.826. The van der Waals surface area contributed by atoms with Crippen LogP contribution < -0.4 is 4.90 Å². The number of benzene rings is 1. The van der Waals surface area contributed by atoms with Gasteiger partial charge >= 0.3 is 0 Å². The Morgan fingerprint density at radius 1 is 1.23 bits per heavy atom. The van der Waals surface area contributed by atoms with Gasteiger partial charge in [-0.15, -0.1) is 11.3 Å². The minimum atomic E-state index is 0.0244. The van der Waals surface area contributed by atoms with Gasteiger partial charge in [0, 0.05) is 36.5 Å². The van der Waals surface area contributed by atoms with E-state index in [0.717, 1.165) is 44.0 Å². The molecule has 1 fully saturated rings. The highest BCUT2D eigenvalue weighted by Crippen LogP contribution is 2.35. The Morgan fingerprint density at radius 3 is 2.65 bits per heavy atom. The fraction of sp³-hybridized carbons (Fsp3) is 0.400. The molecule has 2 aliphatic heterocycles. The predicted molar refractivity (Wildman–Crippen MR) is 105 cm³/mol. The summed E-state index contributed by atoms with van der Waals surface area (Å²) in [6.45, 7) is 5.31. The van der Waals surface area contributed by atoms with Crippen LogP contribution in [0.2, 0.25) is 0 Å². The van der Waals surface area contributed by atoms with E-state index in [2.05, 4.69) is 45.7 Å². The molecule has 1 atom stereocenters. The summed E-state index contributed by atoms with van der Waals surface area (Å²) in [6, 6.07) is 12.7. The highest BCUT2D eigenvalue weighted by Gasteiger charge is 2.32. The lowest BCUT2D eigenvalue weighted by atomic mass is 10.0. The number of morpholine rings is 1. The second kappa shape index (κ2) is 7.60. The summed E-state index contributed by atoms with van der Waals surface area (Å²) in [5.74, 6) is 0.0725. The van der Waals surface area contributed by atoms with E-state index in [-0.39, 0.29) is 11.9 Å². The molecule has 26 heavy (non-hydrogen) atoms. The maximum absolute atomic E-state index is 12.4. The largest absolute Gasteiger partial charge is 0.378 e. The van der Waals surface area contributed by atoms with Crippen molar-refractivity contribution >= 4 is 28.6 Å². The first-order chi connectivity index (χ1) is 12.8. The highest BCUT2D eigenvalue weighted by molar-refractivity contribution is 7.10. The summed E-state index contributed by atoms with van der Waals surface area (Å²) < 4.78 is 5.42. The Balaban J connectivity index is 1.55. The number of carbonyl (C=O) groups is 1. The maximum atomic E-state index is 12.4. The molecule has 0 aliphatic carbocycles. The first kappa shape index (κ1) is 17.2. The average molecular weight is 369 g/mol. The monoisotopic (exact) mass is 369 g/mol. The van der Waals surface area contributed by atoms with Gasteiger partial charge in [0.25, 0.3) is 0 Å². The van der Waals surface area contributed by atoms with Crippen molar-refractivity contribution < 1.29 is 9.53 Å². The standard InChI is InChI=1S/C20H23N3O2S/c1-2-20(24)23-18(19-4-3-13-26-19)14-17(21-23)15-5-7-16(8-6-15)22-9-11-25-12-10-22/h3-8,13,18H,2,9-12,14H2,1H3. The number of rotatable bonds is 4. The lowest BCUT2D eigenvalue weighted by Gasteiger charge is -2.28. The van der Waals surface area contributed by atoms with E-state index >= 15 is 0 Å². The summed E-state index contributed by atoms with van der Waals surface area (Å²) >= 11 is 1.68. The SMILES string of the molecule is CCC(=O)N1N=C(c2ccc(N3CCOCC3)cc2)CC1c1cccs1. The van der Waals surface area contributed by atoms with Gasteiger partial charge in [-0.05, 0) is 29.1 Å². The van der Waals surface area contributed by atoms with Crippen LogP contribution in [-0.4, -0.2) is 42.9 Å². The summed E-state index contributed by atoms with van der Waals surface area (Å²) in [5.41, 5.74) is 3.29. The van der Waals surface area contributed by atoms with E-state index < -0.39 is 0 Å². The first-order valence-electron chi connectivity index (χ1n) is 9.12. The van der Waals surface area contributed by atoms with Gasteiger partial charge < -0.3 is 9.64 Å². The Bertz CT molecular complexity index is 780. The number of amides is 1. The number of anilines is 1. The zero-order chi connectivity index (χ0) is 17.9. The van der Waals surface area contributed by atoms with Gasteiger partial charge in [-0.3, -0.25) is 4.79 Å². The number of nitrogens with zero attached hydrogens (tertiary/aromatic N) is 3. The average Bonchev–Trinajstić information content (AvgIpc) is 3.38. The van der Waals surface area contributed by atoms with Crippen molar-refractivity contribution in [1.82, 2.24) is 5.01 Å². The van der Waals surface area contributed by atoms with Crippen LogP contribution in [0.15, 0.2) is 46.9 Å². The van der Waals surface area contributed by atoms with E-state index in [1.54, 1.807) is 16.3 Å². The first-order valence-corrected chi connectivity index (χ1v) is 10.0. The predicted octanol–water partition coefficient (Wildman–Crippen LogP) is 3.67. The maximum Gasteiger partial charge on any atom is 0.243 e. The molecule has 136 valence electrons. The van der Waals surface area contributed by atoms with Gasteiger partial charge in [0.1, 0.15) is 0 Å². The molecule has 0 spiro atoms. The third-order valence-corrected chi connectivity index (χ3v) is 5.89. The Kier molecular flexibility index (Phi) is 5.04. The Morgan fingerprint density at radius 2 is 2.00 bits per heavy atom. The lowest BCUT2D eigenvalue weighted by Crippen LogP contribution is -2.36. The minimum Gasteiger partial charge on any atom is -0.378 e. The number of carbonyl (C=O) groups excluding carboxylic acids is 1. The van der Waals surface area contributed by atoms with Crippen molar-refractivity contribution in [2.45, 2.75) is 25.8 Å². The van der Waals surface area contributed by atoms with Crippen LogP contribution in [0, 0.1) is 0 Å². The van der Waals surface area contributed by atoms with E-state index in [1.165, 1.54) is 10.6 Å². The van der Waals surface area contributed by atoms with E-state index in [9.17, 15) is 4.79 Å².